The highest BCUT2D eigenvalue weighted by Crippen LogP contribution is 2.32. The van der Waals surface area contributed by atoms with E-state index in [1.54, 1.807) is 0 Å². The van der Waals surface area contributed by atoms with Crippen LogP contribution in [-0.2, 0) is 19.3 Å². The Morgan fingerprint density at radius 3 is 2.59 bits per heavy atom. The zero-order valence-corrected chi connectivity index (χ0v) is 15.1. The Morgan fingerprint density at radius 1 is 0.852 bits per heavy atom. The number of benzene rings is 3. The van der Waals surface area contributed by atoms with Crippen LogP contribution in [0.2, 0.25) is 0 Å². The minimum atomic E-state index is 0.184. The van der Waals surface area contributed by atoms with Gasteiger partial charge in [-0.2, -0.15) is 0 Å². The van der Waals surface area contributed by atoms with E-state index >= 15 is 0 Å². The molecule has 0 amide bonds. The molecule has 0 aromatic heterocycles. The van der Waals surface area contributed by atoms with E-state index in [1.165, 1.54) is 33.4 Å². The van der Waals surface area contributed by atoms with Crippen LogP contribution in [0.4, 0.5) is 0 Å². The van der Waals surface area contributed by atoms with Crippen molar-refractivity contribution in [3.63, 3.8) is 0 Å². The Kier molecular flexibility index (Phi) is 3.86. The summed E-state index contributed by atoms with van der Waals surface area (Å²) in [5.74, 6) is 0.184. The van der Waals surface area contributed by atoms with Crippen LogP contribution in [0.1, 0.15) is 43.7 Å². The maximum absolute atomic E-state index is 12.8. The molecule has 2 aliphatic rings. The van der Waals surface area contributed by atoms with Crippen LogP contribution < -0.4 is 0 Å². The molecular weight excluding hydrogens is 328 g/mol. The van der Waals surface area contributed by atoms with Crippen molar-refractivity contribution in [1.82, 2.24) is 0 Å². The molecule has 1 heteroatoms. The fourth-order valence-corrected chi connectivity index (χ4v) is 4.04. The van der Waals surface area contributed by atoms with Crippen molar-refractivity contribution in [2.75, 3.05) is 0 Å². The number of hydrogen-bond donors (Lipinski definition) is 0. The van der Waals surface area contributed by atoms with Gasteiger partial charge in [0.1, 0.15) is 0 Å². The summed E-state index contributed by atoms with van der Waals surface area (Å²) in [7, 11) is 0. The lowest BCUT2D eigenvalue weighted by Crippen LogP contribution is -2.04. The molecule has 1 nitrogen and oxygen atoms in total. The Hall–Kier alpha value is -3.19. The van der Waals surface area contributed by atoms with Crippen molar-refractivity contribution in [3.05, 3.63) is 112 Å². The second-order valence-corrected chi connectivity index (χ2v) is 7.37. The minimum Gasteiger partial charge on any atom is -0.294 e. The molecule has 130 valence electrons. The molecule has 5 rings (SSSR count). The molecule has 3 aromatic rings. The summed E-state index contributed by atoms with van der Waals surface area (Å²) in [6.07, 6.45) is 8.91. The molecule has 3 aromatic carbocycles. The number of Topliss-reactive ketones (excluding diaryl/α,β-unsaturated/α-hetero) is 1. The van der Waals surface area contributed by atoms with Crippen LogP contribution in [0.25, 0.3) is 17.7 Å². The highest BCUT2D eigenvalue weighted by Gasteiger charge is 2.16. The van der Waals surface area contributed by atoms with Gasteiger partial charge in [-0.25, -0.2) is 0 Å². The number of rotatable bonds is 4. The van der Waals surface area contributed by atoms with Gasteiger partial charge in [0.15, 0.2) is 5.78 Å². The highest BCUT2D eigenvalue weighted by atomic mass is 16.1. The van der Waals surface area contributed by atoms with Crippen LogP contribution in [0.15, 0.2) is 72.8 Å². The topological polar surface area (TPSA) is 17.1 Å². The Balaban J connectivity index is 1.38. The van der Waals surface area contributed by atoms with E-state index in [-0.39, 0.29) is 5.78 Å². The van der Waals surface area contributed by atoms with Crippen molar-refractivity contribution >= 4 is 23.5 Å². The summed E-state index contributed by atoms with van der Waals surface area (Å²) in [6, 6.07) is 23.1. The molecule has 0 N–H and O–H groups in total. The molecule has 2 aliphatic carbocycles. The maximum atomic E-state index is 12.8. The number of ketones is 1. The number of hydrogen-bond acceptors (Lipinski definition) is 1. The summed E-state index contributed by atoms with van der Waals surface area (Å²) in [5.41, 5.74) is 9.59. The number of carbonyl (C=O) groups is 1. The third-order valence-corrected chi connectivity index (χ3v) is 5.53. The molecule has 0 saturated carbocycles. The monoisotopic (exact) mass is 348 g/mol. The average Bonchev–Trinajstić information content (AvgIpc) is 3.34. The van der Waals surface area contributed by atoms with E-state index in [2.05, 4.69) is 66.8 Å². The Bertz CT molecular complexity index is 1100. The van der Waals surface area contributed by atoms with Crippen molar-refractivity contribution in [1.29, 1.82) is 0 Å². The van der Waals surface area contributed by atoms with Crippen LogP contribution in [0.5, 0.6) is 0 Å². The molecule has 0 aliphatic heterocycles. The normalized spacial score (nSPS) is 14.0. The quantitative estimate of drug-likeness (QED) is 0.546. The van der Waals surface area contributed by atoms with Gasteiger partial charge in [0.05, 0.1) is 0 Å². The van der Waals surface area contributed by atoms with Gasteiger partial charge < -0.3 is 0 Å². The van der Waals surface area contributed by atoms with Crippen molar-refractivity contribution in [2.45, 2.75) is 19.3 Å². The van der Waals surface area contributed by atoms with Crippen LogP contribution >= 0.6 is 0 Å². The van der Waals surface area contributed by atoms with Gasteiger partial charge >= 0.3 is 0 Å². The predicted octanol–water partition coefficient (Wildman–Crippen LogP) is 5.78. The van der Waals surface area contributed by atoms with Gasteiger partial charge in [0, 0.05) is 12.0 Å². The van der Waals surface area contributed by atoms with Crippen LogP contribution in [-0.4, -0.2) is 5.78 Å². The highest BCUT2D eigenvalue weighted by molar-refractivity contribution is 5.98. The molecule has 0 spiro atoms. The predicted molar refractivity (Wildman–Crippen MR) is 112 cm³/mol. The first-order valence-corrected chi connectivity index (χ1v) is 9.47. The second-order valence-electron chi connectivity index (χ2n) is 7.37. The first-order chi connectivity index (χ1) is 13.3. The minimum absolute atomic E-state index is 0.184. The van der Waals surface area contributed by atoms with Gasteiger partial charge in [-0.1, -0.05) is 78.9 Å². The largest absolute Gasteiger partial charge is 0.294 e. The lowest BCUT2D eigenvalue weighted by molar-refractivity contribution is 0.0993. The van der Waals surface area contributed by atoms with Crippen LogP contribution in [0, 0.1) is 0 Å². The molecule has 0 unspecified atom stereocenters. The van der Waals surface area contributed by atoms with Crippen molar-refractivity contribution in [3.8, 4) is 0 Å². The molecule has 0 heterocycles. The zero-order valence-electron chi connectivity index (χ0n) is 15.1. The fraction of sp³-hybridized carbons (Fsp3) is 0.115. The average molecular weight is 348 g/mol. The molecule has 0 radical (unpaired) electrons. The standard InChI is InChI=1S/C26H20O/c27-26(23-12-11-20-7-4-8-21(20)15-23)14-18-9-10-22-16-25(17-24(22)13-18)19-5-2-1-3-6-19/h1-6,8-13,15,17H,7,14,16H2. The number of carbonyl (C=O) groups excluding carboxylic acids is 1. The molecule has 27 heavy (non-hydrogen) atoms. The van der Waals surface area contributed by atoms with E-state index < -0.39 is 0 Å². The summed E-state index contributed by atoms with van der Waals surface area (Å²) in [4.78, 5) is 12.8. The molecule has 0 bridgehead atoms. The van der Waals surface area contributed by atoms with Gasteiger partial charge in [-0.15, -0.1) is 0 Å². The van der Waals surface area contributed by atoms with E-state index in [9.17, 15) is 4.79 Å². The third-order valence-electron chi connectivity index (χ3n) is 5.53. The molecular formula is C26H20O. The molecule has 0 saturated heterocycles. The fourth-order valence-electron chi connectivity index (χ4n) is 4.04. The second kappa shape index (κ2) is 6.51. The van der Waals surface area contributed by atoms with E-state index in [0.717, 1.165) is 24.0 Å². The van der Waals surface area contributed by atoms with Gasteiger partial charge in [0.25, 0.3) is 0 Å². The molecule has 0 atom stereocenters. The first-order valence-electron chi connectivity index (χ1n) is 9.47. The third kappa shape index (κ3) is 3.06. The first kappa shape index (κ1) is 16.0. The zero-order chi connectivity index (χ0) is 18.2. The molecule has 0 fully saturated rings. The van der Waals surface area contributed by atoms with E-state index in [0.29, 0.717) is 6.42 Å². The lowest BCUT2D eigenvalue weighted by atomic mass is 9.97. The van der Waals surface area contributed by atoms with Crippen LogP contribution in [0.3, 0.4) is 0 Å². The summed E-state index contributed by atoms with van der Waals surface area (Å²) in [6.45, 7) is 0. The van der Waals surface area contributed by atoms with Crippen molar-refractivity contribution < 1.29 is 4.79 Å². The summed E-state index contributed by atoms with van der Waals surface area (Å²) >= 11 is 0. The number of fused-ring (bicyclic) bond motifs is 2. The van der Waals surface area contributed by atoms with E-state index in [1.807, 2.05) is 18.2 Å². The van der Waals surface area contributed by atoms with Crippen molar-refractivity contribution in [2.24, 2.45) is 0 Å². The summed E-state index contributed by atoms with van der Waals surface area (Å²) in [5, 5.41) is 0. The number of allylic oxidation sites excluding steroid dienone is 2. The van der Waals surface area contributed by atoms with Gasteiger partial charge in [0.2, 0.25) is 0 Å². The summed E-state index contributed by atoms with van der Waals surface area (Å²) < 4.78 is 0. The van der Waals surface area contributed by atoms with Gasteiger partial charge in [-0.05, 0) is 57.9 Å². The SMILES string of the molecule is O=C(Cc1ccc2c(c1)C=C(c1ccccc1)C2)c1ccc2c(c1)C=CC2. The Labute approximate surface area is 159 Å². The lowest BCUT2D eigenvalue weighted by Gasteiger charge is -2.06. The van der Waals surface area contributed by atoms with Gasteiger partial charge in [-0.3, -0.25) is 4.79 Å². The van der Waals surface area contributed by atoms with E-state index in [4.69, 9.17) is 0 Å². The smallest absolute Gasteiger partial charge is 0.167 e. The Morgan fingerprint density at radius 2 is 1.70 bits per heavy atom. The maximum Gasteiger partial charge on any atom is 0.167 e.